The fourth-order valence-corrected chi connectivity index (χ4v) is 1.87. The number of likely N-dealkylation sites (N-methyl/N-ethyl adjacent to an activating group) is 1. The molecule has 0 aliphatic carbocycles. The number of hydrogen-bond acceptors (Lipinski definition) is 6. The van der Waals surface area contributed by atoms with Crippen molar-refractivity contribution in [3.8, 4) is 0 Å². The van der Waals surface area contributed by atoms with Crippen molar-refractivity contribution < 1.29 is 60.8 Å². The number of carbonyl (C=O) groups is 1. The first-order valence-electron chi connectivity index (χ1n) is 8.32. The molecule has 0 spiro atoms. The van der Waals surface area contributed by atoms with Crippen molar-refractivity contribution in [1.82, 2.24) is 5.32 Å². The second-order valence-electron chi connectivity index (χ2n) is 5.67. The predicted molar refractivity (Wildman–Crippen MR) is 98.4 cm³/mol. The summed E-state index contributed by atoms with van der Waals surface area (Å²) in [6, 6.07) is 0. The number of ether oxygens (including phenoxy) is 4. The summed E-state index contributed by atoms with van der Waals surface area (Å²) in [6.07, 6.45) is 0.341. The molecule has 0 bridgehead atoms. The van der Waals surface area contributed by atoms with Crippen molar-refractivity contribution in [3.63, 3.8) is 0 Å². The van der Waals surface area contributed by atoms with Crippen LogP contribution < -0.4 is 5.32 Å². The standard InChI is InChI=1S/C16H32FN2O5S.Y/c1-16(2,14(17)13-19-15(20)25-4)24-12-11-23-10-9-22-8-7-21-6-5-18-3;/h14H,5-13H2,1-4H3,(H,19,20);/q-1;. The summed E-state index contributed by atoms with van der Waals surface area (Å²) in [7, 11) is 1.75. The van der Waals surface area contributed by atoms with E-state index in [-0.39, 0.29) is 51.1 Å². The fraction of sp³-hybridized carbons (Fsp3) is 0.938. The van der Waals surface area contributed by atoms with Crippen molar-refractivity contribution in [2.45, 2.75) is 25.6 Å². The minimum Gasteiger partial charge on any atom is -0.663 e. The van der Waals surface area contributed by atoms with Crippen molar-refractivity contribution >= 4 is 17.0 Å². The monoisotopic (exact) mass is 472 g/mol. The smallest absolute Gasteiger partial charge is 0.278 e. The van der Waals surface area contributed by atoms with Crippen LogP contribution in [0, 0.1) is 0 Å². The Hall–Kier alpha value is 0.654. The van der Waals surface area contributed by atoms with Crippen LogP contribution in [0.4, 0.5) is 9.18 Å². The van der Waals surface area contributed by atoms with E-state index in [0.717, 1.165) is 11.8 Å². The van der Waals surface area contributed by atoms with Crippen LogP contribution in [0.3, 0.4) is 0 Å². The van der Waals surface area contributed by atoms with E-state index in [1.54, 1.807) is 27.2 Å². The average Bonchev–Trinajstić information content (AvgIpc) is 2.60. The summed E-state index contributed by atoms with van der Waals surface area (Å²) in [5, 5.41) is 6.15. The number of thioether (sulfide) groups is 1. The molecule has 0 fully saturated rings. The van der Waals surface area contributed by atoms with E-state index in [1.807, 2.05) is 0 Å². The molecule has 0 aliphatic heterocycles. The Morgan fingerprint density at radius 1 is 1.08 bits per heavy atom. The first-order valence-corrected chi connectivity index (χ1v) is 9.55. The predicted octanol–water partition coefficient (Wildman–Crippen LogP) is 2.24. The van der Waals surface area contributed by atoms with Gasteiger partial charge in [-0.05, 0) is 20.1 Å². The Balaban J connectivity index is 0. The molecular weight excluding hydrogens is 440 g/mol. The van der Waals surface area contributed by atoms with Crippen LogP contribution in [-0.4, -0.2) is 89.7 Å². The fourth-order valence-electron chi connectivity index (χ4n) is 1.64. The first kappa shape index (κ1) is 28.9. The number of amides is 1. The summed E-state index contributed by atoms with van der Waals surface area (Å²) in [5.74, 6) is 0. The van der Waals surface area contributed by atoms with Gasteiger partial charge in [-0.15, -0.1) is 6.54 Å². The zero-order valence-electron chi connectivity index (χ0n) is 16.3. The normalized spacial score (nSPS) is 12.5. The van der Waals surface area contributed by atoms with Crippen LogP contribution in [0.5, 0.6) is 0 Å². The van der Waals surface area contributed by atoms with Gasteiger partial charge in [0, 0.05) is 39.3 Å². The van der Waals surface area contributed by atoms with E-state index in [9.17, 15) is 9.18 Å². The van der Waals surface area contributed by atoms with Gasteiger partial charge in [-0.1, -0.05) is 11.8 Å². The SMILES string of the molecule is C[N-]CCOCCOCCOCCOC(C)(C)C(F)CNC(=O)SC.[Y]. The van der Waals surface area contributed by atoms with Crippen molar-refractivity contribution in [1.29, 1.82) is 0 Å². The van der Waals surface area contributed by atoms with Gasteiger partial charge in [-0.2, -0.15) is 7.05 Å². The van der Waals surface area contributed by atoms with Gasteiger partial charge in [0.15, 0.2) is 0 Å². The zero-order valence-corrected chi connectivity index (χ0v) is 19.9. The third kappa shape index (κ3) is 16.8. The molecule has 1 amide bonds. The summed E-state index contributed by atoms with van der Waals surface area (Å²) < 4.78 is 35.6. The van der Waals surface area contributed by atoms with E-state index in [4.69, 9.17) is 18.9 Å². The van der Waals surface area contributed by atoms with E-state index >= 15 is 0 Å². The maximum Gasteiger partial charge on any atom is 0.278 e. The summed E-state index contributed by atoms with van der Waals surface area (Å²) in [4.78, 5) is 11.1. The number of rotatable bonds is 16. The van der Waals surface area contributed by atoms with Crippen LogP contribution in [0.25, 0.3) is 5.32 Å². The Bertz CT molecular complexity index is 344. The zero-order chi connectivity index (χ0) is 19.0. The summed E-state index contributed by atoms with van der Waals surface area (Å²) >= 11 is 1.01. The Morgan fingerprint density at radius 2 is 1.58 bits per heavy atom. The molecule has 7 nitrogen and oxygen atoms in total. The number of nitrogens with one attached hydrogen (secondary N) is 1. The third-order valence-electron chi connectivity index (χ3n) is 3.27. The molecule has 10 heteroatoms. The Morgan fingerprint density at radius 3 is 2.08 bits per heavy atom. The van der Waals surface area contributed by atoms with Gasteiger partial charge in [0.25, 0.3) is 5.24 Å². The van der Waals surface area contributed by atoms with E-state index < -0.39 is 11.8 Å². The number of halogens is 1. The molecule has 1 radical (unpaired) electrons. The minimum absolute atomic E-state index is 0. The second-order valence-corrected chi connectivity index (χ2v) is 6.45. The molecule has 0 saturated heterocycles. The average molecular weight is 472 g/mol. The molecule has 0 aliphatic rings. The second kappa shape index (κ2) is 19.0. The molecule has 26 heavy (non-hydrogen) atoms. The molecular formula is C16H32FN2O5SY-. The van der Waals surface area contributed by atoms with Crippen LogP contribution in [0.1, 0.15) is 13.8 Å². The molecule has 0 rings (SSSR count). The van der Waals surface area contributed by atoms with E-state index in [1.165, 1.54) is 0 Å². The van der Waals surface area contributed by atoms with Crippen LogP contribution >= 0.6 is 11.8 Å². The molecule has 0 aromatic carbocycles. The van der Waals surface area contributed by atoms with Crippen molar-refractivity contribution in [2.24, 2.45) is 0 Å². The number of carbonyl (C=O) groups excluding carboxylic acids is 1. The quantitative estimate of drug-likeness (QED) is 0.347. The summed E-state index contributed by atoms with van der Waals surface area (Å²) in [5.41, 5.74) is -0.992. The van der Waals surface area contributed by atoms with Gasteiger partial charge in [-0.3, -0.25) is 4.79 Å². The van der Waals surface area contributed by atoms with Crippen LogP contribution in [-0.2, 0) is 51.7 Å². The molecule has 153 valence electrons. The van der Waals surface area contributed by atoms with E-state index in [0.29, 0.717) is 46.2 Å². The van der Waals surface area contributed by atoms with Gasteiger partial charge in [0.1, 0.15) is 6.17 Å². The van der Waals surface area contributed by atoms with Gasteiger partial charge >= 0.3 is 0 Å². The maximum atomic E-state index is 14.1. The first-order chi connectivity index (χ1) is 11.9. The van der Waals surface area contributed by atoms with Gasteiger partial charge < -0.3 is 29.6 Å². The number of hydrogen-bond donors (Lipinski definition) is 1. The Kier molecular flexibility index (Phi) is 21.1. The van der Waals surface area contributed by atoms with Crippen molar-refractivity contribution in [3.05, 3.63) is 5.32 Å². The van der Waals surface area contributed by atoms with Crippen LogP contribution in [0.15, 0.2) is 0 Å². The molecule has 1 atom stereocenters. The maximum absolute atomic E-state index is 14.1. The molecule has 0 aromatic heterocycles. The number of nitrogens with zero attached hydrogens (tertiary/aromatic N) is 1. The molecule has 0 heterocycles. The molecule has 1 unspecified atom stereocenters. The van der Waals surface area contributed by atoms with Gasteiger partial charge in [-0.25, -0.2) is 4.39 Å². The van der Waals surface area contributed by atoms with Crippen molar-refractivity contribution in [2.75, 3.05) is 72.6 Å². The molecule has 1 N–H and O–H groups in total. The minimum atomic E-state index is -1.30. The van der Waals surface area contributed by atoms with Gasteiger partial charge in [0.05, 0.1) is 51.8 Å². The Labute approximate surface area is 186 Å². The topological polar surface area (TPSA) is 80.1 Å². The van der Waals surface area contributed by atoms with E-state index in [2.05, 4.69) is 10.6 Å². The van der Waals surface area contributed by atoms with Gasteiger partial charge in [0.2, 0.25) is 0 Å². The largest absolute Gasteiger partial charge is 0.663 e. The third-order valence-corrected chi connectivity index (χ3v) is 3.79. The summed E-state index contributed by atoms with van der Waals surface area (Å²) in [6.45, 7) is 7.13. The van der Waals surface area contributed by atoms with Crippen LogP contribution in [0.2, 0.25) is 0 Å². The molecule has 0 saturated carbocycles. The molecule has 0 aromatic rings. The number of alkyl halides is 1.